The molecule has 154 valence electrons. The van der Waals surface area contributed by atoms with E-state index in [0.717, 1.165) is 11.1 Å². The molecule has 0 radical (unpaired) electrons. The van der Waals surface area contributed by atoms with Gasteiger partial charge in [-0.15, -0.1) is 0 Å². The van der Waals surface area contributed by atoms with Crippen LogP contribution in [0.1, 0.15) is 33.2 Å². The van der Waals surface area contributed by atoms with Crippen LogP contribution in [0.3, 0.4) is 0 Å². The van der Waals surface area contributed by atoms with Crippen molar-refractivity contribution in [1.82, 2.24) is 15.1 Å². The molecular weight excluding hydrogens is 414 g/mol. The van der Waals surface area contributed by atoms with Crippen molar-refractivity contribution in [2.45, 2.75) is 12.6 Å². The first-order valence-corrected chi connectivity index (χ1v) is 10.1. The van der Waals surface area contributed by atoms with Crippen LogP contribution in [0.15, 0.2) is 72.8 Å². The third kappa shape index (κ3) is 3.31. The van der Waals surface area contributed by atoms with Crippen LogP contribution in [0.4, 0.5) is 0 Å². The molecule has 3 aromatic carbocycles. The molecule has 0 fully saturated rings. The quantitative estimate of drug-likeness (QED) is 0.429. The SMILES string of the molecule is O=C1c2[nH]nc(-c3ccccc3O)c2C(c2cccc(O)c2)N1Cc1ccc(Cl)cc1. The van der Waals surface area contributed by atoms with Gasteiger partial charge in [0.05, 0.1) is 6.04 Å². The Balaban J connectivity index is 1.66. The zero-order chi connectivity index (χ0) is 21.5. The maximum atomic E-state index is 13.4. The highest BCUT2D eigenvalue weighted by Gasteiger charge is 2.42. The lowest BCUT2D eigenvalue weighted by molar-refractivity contribution is 0.0730. The number of amides is 1. The Morgan fingerprint density at radius 3 is 2.52 bits per heavy atom. The van der Waals surface area contributed by atoms with Crippen LogP contribution >= 0.6 is 11.6 Å². The highest BCUT2D eigenvalue weighted by atomic mass is 35.5. The Morgan fingerprint density at radius 2 is 1.77 bits per heavy atom. The lowest BCUT2D eigenvalue weighted by Crippen LogP contribution is -2.29. The average Bonchev–Trinajstić information content (AvgIpc) is 3.29. The van der Waals surface area contributed by atoms with Crippen LogP contribution in [0, 0.1) is 0 Å². The monoisotopic (exact) mass is 431 g/mol. The Morgan fingerprint density at radius 1 is 1.00 bits per heavy atom. The summed E-state index contributed by atoms with van der Waals surface area (Å²) in [6.45, 7) is 0.346. The van der Waals surface area contributed by atoms with Gasteiger partial charge in [-0.2, -0.15) is 5.10 Å². The third-order valence-corrected chi connectivity index (χ3v) is 5.73. The number of hydrogen-bond donors (Lipinski definition) is 3. The highest BCUT2D eigenvalue weighted by molar-refractivity contribution is 6.30. The molecule has 5 rings (SSSR count). The number of carbonyl (C=O) groups is 1. The fourth-order valence-corrected chi connectivity index (χ4v) is 4.19. The molecule has 1 aliphatic heterocycles. The summed E-state index contributed by atoms with van der Waals surface area (Å²) in [6.07, 6.45) is 0. The van der Waals surface area contributed by atoms with E-state index in [0.29, 0.717) is 34.1 Å². The number of H-pyrrole nitrogens is 1. The van der Waals surface area contributed by atoms with E-state index in [9.17, 15) is 15.0 Å². The molecule has 0 saturated carbocycles. The number of nitrogens with one attached hydrogen (secondary N) is 1. The molecule has 0 aliphatic carbocycles. The van der Waals surface area contributed by atoms with Crippen LogP contribution in [0.2, 0.25) is 5.02 Å². The molecule has 0 bridgehead atoms. The molecule has 3 N–H and O–H groups in total. The molecule has 1 aromatic heterocycles. The molecule has 1 aliphatic rings. The van der Waals surface area contributed by atoms with Crippen molar-refractivity contribution in [1.29, 1.82) is 0 Å². The lowest BCUT2D eigenvalue weighted by atomic mass is 9.95. The van der Waals surface area contributed by atoms with Gasteiger partial charge in [0, 0.05) is 22.7 Å². The number of halogens is 1. The van der Waals surface area contributed by atoms with E-state index in [1.165, 1.54) is 0 Å². The number of para-hydroxylation sites is 1. The number of aromatic hydroxyl groups is 2. The number of fused-ring (bicyclic) bond motifs is 1. The number of nitrogens with zero attached hydrogens (tertiary/aromatic N) is 2. The van der Waals surface area contributed by atoms with Gasteiger partial charge in [0.25, 0.3) is 5.91 Å². The number of phenols is 2. The van der Waals surface area contributed by atoms with Gasteiger partial charge < -0.3 is 15.1 Å². The van der Waals surface area contributed by atoms with Crippen molar-refractivity contribution in [2.75, 3.05) is 0 Å². The molecule has 31 heavy (non-hydrogen) atoms. The molecule has 1 amide bonds. The van der Waals surface area contributed by atoms with Gasteiger partial charge in [-0.1, -0.05) is 48.0 Å². The summed E-state index contributed by atoms with van der Waals surface area (Å²) < 4.78 is 0. The Kier molecular flexibility index (Phi) is 4.64. The van der Waals surface area contributed by atoms with Crippen LogP contribution < -0.4 is 0 Å². The summed E-state index contributed by atoms with van der Waals surface area (Å²) in [5, 5.41) is 28.3. The van der Waals surface area contributed by atoms with Gasteiger partial charge in [-0.05, 0) is 47.5 Å². The van der Waals surface area contributed by atoms with Crippen molar-refractivity contribution in [3.05, 3.63) is 100 Å². The van der Waals surface area contributed by atoms with Crippen molar-refractivity contribution < 1.29 is 15.0 Å². The first-order chi connectivity index (χ1) is 15.0. The molecule has 1 atom stereocenters. The van der Waals surface area contributed by atoms with Crippen molar-refractivity contribution in [3.8, 4) is 22.8 Å². The van der Waals surface area contributed by atoms with E-state index in [1.807, 2.05) is 24.3 Å². The zero-order valence-corrected chi connectivity index (χ0v) is 17.0. The standard InChI is InChI=1S/C24H18ClN3O3/c25-16-10-8-14(9-11-16)13-28-23(15-4-3-5-17(29)12-15)20-21(26-27-22(20)24(28)31)18-6-1-2-7-19(18)30/h1-12,23,29-30H,13H2,(H,26,27). The number of benzene rings is 3. The maximum absolute atomic E-state index is 13.4. The topological polar surface area (TPSA) is 89.5 Å². The second-order valence-corrected chi connectivity index (χ2v) is 7.87. The number of aromatic amines is 1. The summed E-state index contributed by atoms with van der Waals surface area (Å²) in [5.41, 5.74) is 3.76. The predicted octanol–water partition coefficient (Wildman–Crippen LogP) is 4.89. The van der Waals surface area contributed by atoms with E-state index in [4.69, 9.17) is 11.6 Å². The van der Waals surface area contributed by atoms with Crippen LogP contribution in [0.25, 0.3) is 11.3 Å². The van der Waals surface area contributed by atoms with Crippen molar-refractivity contribution in [3.63, 3.8) is 0 Å². The van der Waals surface area contributed by atoms with E-state index in [2.05, 4.69) is 10.2 Å². The van der Waals surface area contributed by atoms with Crippen molar-refractivity contribution in [2.24, 2.45) is 0 Å². The van der Waals surface area contributed by atoms with Crippen LogP contribution in [-0.4, -0.2) is 31.2 Å². The largest absolute Gasteiger partial charge is 0.508 e. The number of phenolic OH excluding ortho intramolecular Hbond substituents is 2. The smallest absolute Gasteiger partial charge is 0.273 e. The van der Waals surface area contributed by atoms with Gasteiger partial charge >= 0.3 is 0 Å². The first kappa shape index (κ1) is 19.2. The summed E-state index contributed by atoms with van der Waals surface area (Å²) >= 11 is 6.01. The normalized spacial score (nSPS) is 15.3. The minimum absolute atomic E-state index is 0.0788. The Hall–Kier alpha value is -3.77. The highest BCUT2D eigenvalue weighted by Crippen LogP contribution is 2.45. The van der Waals surface area contributed by atoms with E-state index >= 15 is 0 Å². The Bertz CT molecular complexity index is 1280. The zero-order valence-electron chi connectivity index (χ0n) is 16.3. The molecule has 0 spiro atoms. The van der Waals surface area contributed by atoms with Gasteiger partial charge in [-0.3, -0.25) is 9.89 Å². The number of hydrogen-bond acceptors (Lipinski definition) is 4. The number of rotatable bonds is 4. The summed E-state index contributed by atoms with van der Waals surface area (Å²) in [7, 11) is 0. The summed E-state index contributed by atoms with van der Waals surface area (Å²) in [4.78, 5) is 15.1. The van der Waals surface area contributed by atoms with E-state index < -0.39 is 6.04 Å². The minimum atomic E-state index is -0.487. The molecule has 0 saturated heterocycles. The molecular formula is C24H18ClN3O3. The maximum Gasteiger partial charge on any atom is 0.273 e. The van der Waals surface area contributed by atoms with E-state index in [1.54, 1.807) is 53.4 Å². The lowest BCUT2D eigenvalue weighted by Gasteiger charge is -2.26. The molecule has 4 aromatic rings. The van der Waals surface area contributed by atoms with Gasteiger partial charge in [0.2, 0.25) is 0 Å². The second-order valence-electron chi connectivity index (χ2n) is 7.44. The van der Waals surface area contributed by atoms with Gasteiger partial charge in [0.1, 0.15) is 22.9 Å². The van der Waals surface area contributed by atoms with Crippen LogP contribution in [0.5, 0.6) is 11.5 Å². The second kappa shape index (κ2) is 7.49. The first-order valence-electron chi connectivity index (χ1n) is 9.74. The number of aromatic nitrogens is 2. The summed E-state index contributed by atoms with van der Waals surface area (Å²) in [5.74, 6) is -0.0139. The minimum Gasteiger partial charge on any atom is -0.508 e. The molecule has 6 nitrogen and oxygen atoms in total. The molecule has 1 unspecified atom stereocenters. The van der Waals surface area contributed by atoms with E-state index in [-0.39, 0.29) is 17.4 Å². The molecule has 2 heterocycles. The summed E-state index contributed by atoms with van der Waals surface area (Å²) in [6, 6.07) is 20.6. The average molecular weight is 432 g/mol. The fraction of sp³-hybridized carbons (Fsp3) is 0.0833. The predicted molar refractivity (Wildman–Crippen MR) is 117 cm³/mol. The van der Waals surface area contributed by atoms with Gasteiger partial charge in [0.15, 0.2) is 0 Å². The van der Waals surface area contributed by atoms with Gasteiger partial charge in [-0.25, -0.2) is 0 Å². The number of carbonyl (C=O) groups excluding carboxylic acids is 1. The molecule has 7 heteroatoms. The fourth-order valence-electron chi connectivity index (χ4n) is 4.07. The Labute approximate surface area is 183 Å². The van der Waals surface area contributed by atoms with Crippen LogP contribution in [-0.2, 0) is 6.54 Å². The third-order valence-electron chi connectivity index (χ3n) is 5.48. The van der Waals surface area contributed by atoms with Crippen molar-refractivity contribution >= 4 is 17.5 Å².